The molecule has 0 radical (unpaired) electrons. The second-order valence-electron chi connectivity index (χ2n) is 8.96. The standard InChI is InChI=1S/C24H41N5/c1-4-13-28-16-11-23(12-17-28)27-24(25-3)26-18-21-5-7-22(8-6-21)19-29-14-9-20(2)10-15-29/h5-8,20,23H,4,9-19H2,1-3H3,(H2,25,26,27). The molecule has 5 nitrogen and oxygen atoms in total. The number of benzene rings is 1. The highest BCUT2D eigenvalue weighted by atomic mass is 15.2. The largest absolute Gasteiger partial charge is 0.354 e. The van der Waals surface area contributed by atoms with Gasteiger partial charge in [-0.25, -0.2) is 0 Å². The van der Waals surface area contributed by atoms with Crippen LogP contribution in [0.1, 0.15) is 57.1 Å². The molecule has 2 fully saturated rings. The van der Waals surface area contributed by atoms with E-state index in [1.807, 2.05) is 7.05 Å². The number of aliphatic imine (C=N–C) groups is 1. The van der Waals surface area contributed by atoms with Crippen molar-refractivity contribution in [2.24, 2.45) is 10.9 Å². The lowest BCUT2D eigenvalue weighted by molar-refractivity contribution is 0.185. The first-order valence-corrected chi connectivity index (χ1v) is 11.7. The Kier molecular flexibility index (Phi) is 8.81. The minimum atomic E-state index is 0.531. The van der Waals surface area contributed by atoms with Gasteiger partial charge < -0.3 is 15.5 Å². The lowest BCUT2D eigenvalue weighted by Gasteiger charge is -2.32. The molecule has 3 rings (SSSR count). The van der Waals surface area contributed by atoms with Crippen molar-refractivity contribution in [3.05, 3.63) is 35.4 Å². The Bertz CT molecular complexity index is 611. The quantitative estimate of drug-likeness (QED) is 0.544. The van der Waals surface area contributed by atoms with Gasteiger partial charge in [0.05, 0.1) is 0 Å². The van der Waals surface area contributed by atoms with Crippen LogP contribution in [0.2, 0.25) is 0 Å². The molecule has 0 saturated carbocycles. The molecule has 0 unspecified atom stereocenters. The molecule has 0 aliphatic carbocycles. The summed E-state index contributed by atoms with van der Waals surface area (Å²) in [6.45, 7) is 12.6. The van der Waals surface area contributed by atoms with Gasteiger partial charge in [-0.2, -0.15) is 0 Å². The van der Waals surface area contributed by atoms with Gasteiger partial charge in [-0.3, -0.25) is 9.89 Å². The Morgan fingerprint density at radius 1 is 0.966 bits per heavy atom. The minimum absolute atomic E-state index is 0.531. The predicted octanol–water partition coefficient (Wildman–Crippen LogP) is 3.46. The normalized spacial score (nSPS) is 20.7. The number of hydrogen-bond acceptors (Lipinski definition) is 3. The monoisotopic (exact) mass is 399 g/mol. The number of guanidine groups is 1. The first-order chi connectivity index (χ1) is 14.2. The summed E-state index contributed by atoms with van der Waals surface area (Å²) in [7, 11) is 1.87. The van der Waals surface area contributed by atoms with Crippen LogP contribution in [0, 0.1) is 5.92 Å². The van der Waals surface area contributed by atoms with Crippen molar-refractivity contribution < 1.29 is 0 Å². The second-order valence-corrected chi connectivity index (χ2v) is 8.96. The van der Waals surface area contributed by atoms with Crippen molar-refractivity contribution in [1.82, 2.24) is 20.4 Å². The van der Waals surface area contributed by atoms with Gasteiger partial charge in [-0.05, 0) is 68.8 Å². The zero-order chi connectivity index (χ0) is 20.5. The summed E-state index contributed by atoms with van der Waals surface area (Å²) in [6, 6.07) is 9.61. The molecule has 1 aromatic rings. The van der Waals surface area contributed by atoms with Crippen molar-refractivity contribution in [3.8, 4) is 0 Å². The molecule has 5 heteroatoms. The maximum atomic E-state index is 4.43. The van der Waals surface area contributed by atoms with E-state index in [9.17, 15) is 0 Å². The number of hydrogen-bond donors (Lipinski definition) is 2. The van der Waals surface area contributed by atoms with E-state index in [0.717, 1.165) is 25.0 Å². The summed E-state index contributed by atoms with van der Waals surface area (Å²) >= 11 is 0. The molecule has 2 saturated heterocycles. The van der Waals surface area contributed by atoms with E-state index in [2.05, 4.69) is 63.5 Å². The number of piperidine rings is 2. The lowest BCUT2D eigenvalue weighted by atomic mass is 9.99. The summed E-state index contributed by atoms with van der Waals surface area (Å²) < 4.78 is 0. The Morgan fingerprint density at radius 2 is 1.59 bits per heavy atom. The zero-order valence-electron chi connectivity index (χ0n) is 18.8. The van der Waals surface area contributed by atoms with Crippen LogP contribution in [-0.2, 0) is 13.1 Å². The first-order valence-electron chi connectivity index (χ1n) is 11.7. The van der Waals surface area contributed by atoms with E-state index in [0.29, 0.717) is 6.04 Å². The van der Waals surface area contributed by atoms with Crippen molar-refractivity contribution in [2.45, 2.75) is 65.1 Å². The van der Waals surface area contributed by atoms with Gasteiger partial charge in [-0.1, -0.05) is 38.1 Å². The zero-order valence-corrected chi connectivity index (χ0v) is 18.8. The Hall–Kier alpha value is -1.59. The van der Waals surface area contributed by atoms with Gasteiger partial charge in [0.1, 0.15) is 0 Å². The molecule has 0 amide bonds. The highest BCUT2D eigenvalue weighted by Gasteiger charge is 2.19. The molecule has 0 spiro atoms. The average Bonchev–Trinajstić information content (AvgIpc) is 2.75. The molecular formula is C24H41N5. The fourth-order valence-electron chi connectivity index (χ4n) is 4.43. The van der Waals surface area contributed by atoms with Gasteiger partial charge in [0, 0.05) is 39.3 Å². The first kappa shape index (κ1) is 22.1. The number of nitrogens with one attached hydrogen (secondary N) is 2. The Morgan fingerprint density at radius 3 is 2.21 bits per heavy atom. The maximum Gasteiger partial charge on any atom is 0.191 e. The van der Waals surface area contributed by atoms with Gasteiger partial charge in [0.25, 0.3) is 0 Å². The second kappa shape index (κ2) is 11.6. The van der Waals surface area contributed by atoms with Crippen molar-refractivity contribution in [1.29, 1.82) is 0 Å². The van der Waals surface area contributed by atoms with E-state index < -0.39 is 0 Å². The van der Waals surface area contributed by atoms with Crippen LogP contribution < -0.4 is 10.6 Å². The summed E-state index contributed by atoms with van der Waals surface area (Å²) in [5, 5.41) is 7.10. The molecule has 2 N–H and O–H groups in total. The van der Waals surface area contributed by atoms with E-state index in [1.54, 1.807) is 0 Å². The van der Waals surface area contributed by atoms with E-state index in [-0.39, 0.29) is 0 Å². The predicted molar refractivity (Wildman–Crippen MR) is 123 cm³/mol. The molecule has 162 valence electrons. The summed E-state index contributed by atoms with van der Waals surface area (Å²) in [5.41, 5.74) is 2.73. The van der Waals surface area contributed by atoms with E-state index in [4.69, 9.17) is 0 Å². The molecule has 0 atom stereocenters. The minimum Gasteiger partial charge on any atom is -0.354 e. The molecule has 2 heterocycles. The van der Waals surface area contributed by atoms with Crippen LogP contribution in [0.25, 0.3) is 0 Å². The summed E-state index contributed by atoms with van der Waals surface area (Å²) in [5.74, 6) is 1.82. The van der Waals surface area contributed by atoms with Gasteiger partial charge in [0.2, 0.25) is 0 Å². The van der Waals surface area contributed by atoms with Crippen LogP contribution in [0.4, 0.5) is 0 Å². The topological polar surface area (TPSA) is 42.9 Å². The highest BCUT2D eigenvalue weighted by molar-refractivity contribution is 5.79. The molecule has 2 aliphatic rings. The smallest absolute Gasteiger partial charge is 0.191 e. The van der Waals surface area contributed by atoms with Crippen LogP contribution in [0.15, 0.2) is 29.3 Å². The third kappa shape index (κ3) is 7.31. The third-order valence-corrected chi connectivity index (χ3v) is 6.46. The van der Waals surface area contributed by atoms with Crippen LogP contribution >= 0.6 is 0 Å². The van der Waals surface area contributed by atoms with Gasteiger partial charge >= 0.3 is 0 Å². The third-order valence-electron chi connectivity index (χ3n) is 6.46. The fourth-order valence-corrected chi connectivity index (χ4v) is 4.43. The van der Waals surface area contributed by atoms with E-state index >= 15 is 0 Å². The number of nitrogens with zero attached hydrogens (tertiary/aromatic N) is 3. The SMILES string of the molecule is CCCN1CCC(NC(=NC)NCc2ccc(CN3CCC(C)CC3)cc2)CC1. The fraction of sp³-hybridized carbons (Fsp3) is 0.708. The number of likely N-dealkylation sites (tertiary alicyclic amines) is 2. The summed E-state index contributed by atoms with van der Waals surface area (Å²) in [6.07, 6.45) is 6.32. The molecule has 29 heavy (non-hydrogen) atoms. The maximum absolute atomic E-state index is 4.43. The van der Waals surface area contributed by atoms with Gasteiger partial charge in [0.15, 0.2) is 5.96 Å². The molecular weight excluding hydrogens is 358 g/mol. The summed E-state index contributed by atoms with van der Waals surface area (Å²) in [4.78, 5) is 9.59. The molecule has 2 aliphatic heterocycles. The van der Waals surface area contributed by atoms with Gasteiger partial charge in [-0.15, -0.1) is 0 Å². The van der Waals surface area contributed by atoms with Crippen molar-refractivity contribution in [3.63, 3.8) is 0 Å². The number of rotatable bonds is 7. The van der Waals surface area contributed by atoms with Crippen LogP contribution in [-0.4, -0.2) is 61.6 Å². The van der Waals surface area contributed by atoms with E-state index in [1.165, 1.54) is 76.0 Å². The van der Waals surface area contributed by atoms with Crippen LogP contribution in [0.3, 0.4) is 0 Å². The molecule has 1 aromatic carbocycles. The van der Waals surface area contributed by atoms with Crippen molar-refractivity contribution >= 4 is 5.96 Å². The highest BCUT2D eigenvalue weighted by Crippen LogP contribution is 2.18. The molecule has 0 bridgehead atoms. The Labute approximate surface area is 178 Å². The van der Waals surface area contributed by atoms with Crippen molar-refractivity contribution in [2.75, 3.05) is 39.8 Å². The lowest BCUT2D eigenvalue weighted by Crippen LogP contribution is -2.48. The molecule has 0 aromatic heterocycles. The average molecular weight is 400 g/mol. The van der Waals surface area contributed by atoms with Crippen LogP contribution in [0.5, 0.6) is 0 Å². The Balaban J connectivity index is 1.39.